The largest absolute Gasteiger partial charge is 0.326 e. The van der Waals surface area contributed by atoms with Gasteiger partial charge in [0.2, 0.25) is 10.0 Å². The van der Waals surface area contributed by atoms with E-state index < -0.39 is 15.6 Å². The summed E-state index contributed by atoms with van der Waals surface area (Å²) in [5.41, 5.74) is 0.981. The fourth-order valence-electron chi connectivity index (χ4n) is 1.67. The minimum absolute atomic E-state index is 0.0938. The van der Waals surface area contributed by atoms with Gasteiger partial charge in [0.1, 0.15) is 5.02 Å². The molecule has 0 aliphatic heterocycles. The lowest BCUT2D eigenvalue weighted by atomic mass is 10.3. The van der Waals surface area contributed by atoms with Crippen LogP contribution >= 0.6 is 11.6 Å². The molecule has 2 aromatic heterocycles. The van der Waals surface area contributed by atoms with Crippen molar-refractivity contribution in [1.29, 1.82) is 0 Å². The average molecular weight is 317 g/mol. The Morgan fingerprint density at radius 2 is 2.20 bits per heavy atom. The van der Waals surface area contributed by atoms with Gasteiger partial charge < -0.3 is 4.98 Å². The summed E-state index contributed by atoms with van der Waals surface area (Å²) >= 11 is 5.62. The highest BCUT2D eigenvalue weighted by molar-refractivity contribution is 7.89. The van der Waals surface area contributed by atoms with Crippen molar-refractivity contribution in [2.45, 2.75) is 18.4 Å². The van der Waals surface area contributed by atoms with Gasteiger partial charge >= 0.3 is 0 Å². The number of rotatable bonds is 4. The zero-order chi connectivity index (χ0) is 14.9. The molecule has 0 saturated carbocycles. The van der Waals surface area contributed by atoms with Crippen LogP contribution < -0.4 is 10.3 Å². The average Bonchev–Trinajstić information content (AvgIpc) is 2.69. The van der Waals surface area contributed by atoms with Gasteiger partial charge in [-0.05, 0) is 13.0 Å². The van der Waals surface area contributed by atoms with Crippen LogP contribution in [0.15, 0.2) is 28.2 Å². The van der Waals surface area contributed by atoms with E-state index in [1.165, 1.54) is 0 Å². The number of aryl methyl sites for hydroxylation is 2. The maximum Gasteiger partial charge on any atom is 0.266 e. The van der Waals surface area contributed by atoms with Gasteiger partial charge in [0, 0.05) is 31.5 Å². The molecule has 0 atom stereocenters. The summed E-state index contributed by atoms with van der Waals surface area (Å²) in [6.45, 7) is 1.90. The van der Waals surface area contributed by atoms with Crippen LogP contribution in [0.5, 0.6) is 0 Å². The fraction of sp³-hybridized carbons (Fsp3) is 0.273. The second kappa shape index (κ2) is 5.39. The van der Waals surface area contributed by atoms with E-state index in [9.17, 15) is 13.2 Å². The SMILES string of the molecule is Cc1nn(C)cc1CNS(=O)(=O)c1c[nH]c(=O)c(Cl)c1. The molecule has 0 spiro atoms. The molecule has 9 heteroatoms. The van der Waals surface area contributed by atoms with E-state index in [2.05, 4.69) is 14.8 Å². The normalized spacial score (nSPS) is 11.8. The van der Waals surface area contributed by atoms with Crippen molar-refractivity contribution < 1.29 is 8.42 Å². The monoisotopic (exact) mass is 316 g/mol. The van der Waals surface area contributed by atoms with Crippen molar-refractivity contribution in [2.24, 2.45) is 7.05 Å². The molecule has 2 aromatic rings. The van der Waals surface area contributed by atoms with Gasteiger partial charge in [-0.2, -0.15) is 5.10 Å². The van der Waals surface area contributed by atoms with E-state index in [-0.39, 0.29) is 16.5 Å². The van der Waals surface area contributed by atoms with Crippen LogP contribution in [0.25, 0.3) is 0 Å². The summed E-state index contributed by atoms with van der Waals surface area (Å²) in [7, 11) is -1.99. The molecular formula is C11H13ClN4O3S. The van der Waals surface area contributed by atoms with Crippen molar-refractivity contribution in [3.05, 3.63) is 45.1 Å². The molecule has 108 valence electrons. The van der Waals surface area contributed by atoms with Gasteiger partial charge in [-0.3, -0.25) is 9.48 Å². The predicted molar refractivity (Wildman–Crippen MR) is 74.0 cm³/mol. The Labute approximate surface area is 120 Å². The lowest BCUT2D eigenvalue weighted by Gasteiger charge is -2.06. The van der Waals surface area contributed by atoms with Crippen LogP contribution in [-0.4, -0.2) is 23.2 Å². The number of nitrogens with zero attached hydrogens (tertiary/aromatic N) is 2. The van der Waals surface area contributed by atoms with E-state index in [4.69, 9.17) is 11.6 Å². The summed E-state index contributed by atoms with van der Waals surface area (Å²) in [6, 6.07) is 1.11. The molecule has 0 bridgehead atoms. The summed E-state index contributed by atoms with van der Waals surface area (Å²) in [6.07, 6.45) is 2.84. The second-order valence-electron chi connectivity index (χ2n) is 4.25. The Bertz CT molecular complexity index is 794. The smallest absolute Gasteiger partial charge is 0.266 e. The first kappa shape index (κ1) is 14.8. The third kappa shape index (κ3) is 3.09. The Morgan fingerprint density at radius 1 is 1.50 bits per heavy atom. The van der Waals surface area contributed by atoms with Crippen LogP contribution in [0.2, 0.25) is 5.02 Å². The first-order valence-corrected chi connectivity index (χ1v) is 7.53. The summed E-state index contributed by atoms with van der Waals surface area (Å²) in [4.78, 5) is 13.3. The van der Waals surface area contributed by atoms with Crippen LogP contribution in [0, 0.1) is 6.92 Å². The van der Waals surface area contributed by atoms with Gasteiger partial charge in [0.05, 0.1) is 10.6 Å². The molecule has 0 aliphatic rings. The highest BCUT2D eigenvalue weighted by Crippen LogP contribution is 2.12. The van der Waals surface area contributed by atoms with Gasteiger partial charge in [0.25, 0.3) is 5.56 Å². The number of hydrogen-bond acceptors (Lipinski definition) is 4. The third-order valence-electron chi connectivity index (χ3n) is 2.71. The maximum atomic E-state index is 12.1. The van der Waals surface area contributed by atoms with Crippen molar-refractivity contribution in [3.8, 4) is 0 Å². The molecule has 0 fully saturated rings. The van der Waals surface area contributed by atoms with Crippen LogP contribution in [-0.2, 0) is 23.6 Å². The molecule has 0 saturated heterocycles. The number of hydrogen-bond donors (Lipinski definition) is 2. The maximum absolute atomic E-state index is 12.1. The number of H-pyrrole nitrogens is 1. The van der Waals surface area contributed by atoms with E-state index in [0.29, 0.717) is 0 Å². The molecule has 0 aliphatic carbocycles. The summed E-state index contributed by atoms with van der Waals surface area (Å²) in [5, 5.41) is 3.95. The molecule has 2 N–H and O–H groups in total. The number of aromatic amines is 1. The quantitative estimate of drug-likeness (QED) is 0.860. The Balaban J connectivity index is 2.21. The second-order valence-corrected chi connectivity index (χ2v) is 6.42. The van der Waals surface area contributed by atoms with E-state index in [0.717, 1.165) is 23.5 Å². The molecule has 0 unspecified atom stereocenters. The zero-order valence-electron chi connectivity index (χ0n) is 10.8. The molecule has 0 radical (unpaired) electrons. The Kier molecular flexibility index (Phi) is 3.98. The van der Waals surface area contributed by atoms with E-state index in [1.54, 1.807) is 24.9 Å². The first-order chi connectivity index (χ1) is 9.29. The standard InChI is InChI=1S/C11H13ClN4O3S/c1-7-8(6-16(2)15-7)4-14-20(18,19)9-3-10(12)11(17)13-5-9/h3,5-6,14H,4H2,1-2H3,(H,13,17). The van der Waals surface area contributed by atoms with Gasteiger partial charge in [-0.1, -0.05) is 11.6 Å². The van der Waals surface area contributed by atoms with Crippen molar-refractivity contribution in [2.75, 3.05) is 0 Å². The fourth-order valence-corrected chi connectivity index (χ4v) is 2.91. The number of halogens is 1. The highest BCUT2D eigenvalue weighted by atomic mass is 35.5. The van der Waals surface area contributed by atoms with Crippen LogP contribution in [0.4, 0.5) is 0 Å². The van der Waals surface area contributed by atoms with Gasteiger partial charge in [-0.15, -0.1) is 0 Å². The lowest BCUT2D eigenvalue weighted by molar-refractivity contribution is 0.580. The van der Waals surface area contributed by atoms with E-state index >= 15 is 0 Å². The molecule has 0 amide bonds. The molecule has 20 heavy (non-hydrogen) atoms. The molecule has 2 heterocycles. The molecule has 2 rings (SSSR count). The minimum atomic E-state index is -3.75. The zero-order valence-corrected chi connectivity index (χ0v) is 12.4. The molecule has 0 aromatic carbocycles. The van der Waals surface area contributed by atoms with Crippen molar-refractivity contribution in [3.63, 3.8) is 0 Å². The van der Waals surface area contributed by atoms with Crippen LogP contribution in [0.3, 0.4) is 0 Å². The lowest BCUT2D eigenvalue weighted by Crippen LogP contribution is -2.24. The summed E-state index contributed by atoms with van der Waals surface area (Å²) in [5.74, 6) is 0. The molecule has 7 nitrogen and oxygen atoms in total. The Hall–Kier alpha value is -1.64. The Morgan fingerprint density at radius 3 is 2.75 bits per heavy atom. The number of nitrogens with one attached hydrogen (secondary N) is 2. The highest BCUT2D eigenvalue weighted by Gasteiger charge is 2.16. The summed E-state index contributed by atoms with van der Waals surface area (Å²) < 4.78 is 28.2. The number of pyridine rings is 1. The predicted octanol–water partition coefficient (Wildman–Crippen LogP) is 0.549. The topological polar surface area (TPSA) is 96.8 Å². The molecular weight excluding hydrogens is 304 g/mol. The number of aromatic nitrogens is 3. The van der Waals surface area contributed by atoms with Gasteiger partial charge in [0.15, 0.2) is 0 Å². The van der Waals surface area contributed by atoms with Crippen molar-refractivity contribution >= 4 is 21.6 Å². The number of sulfonamides is 1. The van der Waals surface area contributed by atoms with Crippen molar-refractivity contribution in [1.82, 2.24) is 19.5 Å². The third-order valence-corrected chi connectivity index (χ3v) is 4.37. The first-order valence-electron chi connectivity index (χ1n) is 5.66. The minimum Gasteiger partial charge on any atom is -0.326 e. The van der Waals surface area contributed by atoms with Crippen LogP contribution in [0.1, 0.15) is 11.3 Å². The van der Waals surface area contributed by atoms with Gasteiger partial charge in [-0.25, -0.2) is 13.1 Å². The van der Waals surface area contributed by atoms with E-state index in [1.807, 2.05) is 0 Å².